The first-order valence-electron chi connectivity index (χ1n) is 7.78. The number of nitrogens with one attached hydrogen (secondary N) is 1. The molecule has 124 valence electrons. The molecule has 2 heterocycles. The van der Waals surface area contributed by atoms with E-state index < -0.39 is 10.2 Å². The van der Waals surface area contributed by atoms with Crippen molar-refractivity contribution in [1.29, 1.82) is 0 Å². The van der Waals surface area contributed by atoms with Gasteiger partial charge in [-0.05, 0) is 37.0 Å². The number of hydrogen-bond acceptors (Lipinski definition) is 3. The summed E-state index contributed by atoms with van der Waals surface area (Å²) in [4.78, 5) is 4.62. The summed E-state index contributed by atoms with van der Waals surface area (Å²) in [6.45, 7) is 7.69. The molecule has 1 aliphatic rings. The van der Waals surface area contributed by atoms with Crippen molar-refractivity contribution < 1.29 is 8.42 Å². The molecule has 0 bridgehead atoms. The lowest BCUT2D eigenvalue weighted by atomic mass is 10.1. The summed E-state index contributed by atoms with van der Waals surface area (Å²) in [5.41, 5.74) is 2.94. The number of rotatable bonds is 5. The van der Waals surface area contributed by atoms with Crippen LogP contribution in [0.4, 0.5) is 0 Å². The molecule has 0 radical (unpaired) electrons. The minimum absolute atomic E-state index is 0.305. The lowest BCUT2D eigenvalue weighted by molar-refractivity contribution is 0.502. The summed E-state index contributed by atoms with van der Waals surface area (Å²) in [6.07, 6.45) is 4.07. The Balaban J connectivity index is 1.87. The number of imidazole rings is 1. The second-order valence-electron chi connectivity index (χ2n) is 6.30. The average molecular weight is 334 g/mol. The Morgan fingerprint density at radius 2 is 2.09 bits per heavy atom. The maximum atomic E-state index is 11.8. The number of nitrogens with zero attached hydrogens (tertiary/aromatic N) is 3. The maximum absolute atomic E-state index is 11.8. The second kappa shape index (κ2) is 5.88. The highest BCUT2D eigenvalue weighted by atomic mass is 32.2. The molecule has 0 spiro atoms. The molecular weight excluding hydrogens is 312 g/mol. The van der Waals surface area contributed by atoms with Gasteiger partial charge >= 0.3 is 10.2 Å². The van der Waals surface area contributed by atoms with Crippen molar-refractivity contribution in [3.63, 3.8) is 0 Å². The molecule has 3 rings (SSSR count). The first-order chi connectivity index (χ1) is 10.9. The van der Waals surface area contributed by atoms with E-state index in [1.54, 1.807) is 0 Å². The van der Waals surface area contributed by atoms with Gasteiger partial charge in [-0.25, -0.2) is 4.98 Å². The minimum atomic E-state index is -3.41. The van der Waals surface area contributed by atoms with Crippen LogP contribution in [0, 0.1) is 12.8 Å². The van der Waals surface area contributed by atoms with E-state index in [0.29, 0.717) is 12.5 Å². The Morgan fingerprint density at radius 1 is 1.30 bits per heavy atom. The van der Waals surface area contributed by atoms with E-state index in [1.807, 2.05) is 25.1 Å². The van der Waals surface area contributed by atoms with E-state index >= 15 is 0 Å². The predicted molar refractivity (Wildman–Crippen MR) is 90.7 cm³/mol. The van der Waals surface area contributed by atoms with Gasteiger partial charge in [0, 0.05) is 18.9 Å². The summed E-state index contributed by atoms with van der Waals surface area (Å²) < 4.78 is 29.4. The lowest BCUT2D eigenvalue weighted by Gasteiger charge is -2.14. The van der Waals surface area contributed by atoms with Crippen molar-refractivity contribution >= 4 is 21.2 Å². The quantitative estimate of drug-likeness (QED) is 0.913. The predicted octanol–water partition coefficient (Wildman–Crippen LogP) is 2.51. The van der Waals surface area contributed by atoms with Crippen LogP contribution in [0.2, 0.25) is 0 Å². The van der Waals surface area contributed by atoms with E-state index in [0.717, 1.165) is 35.4 Å². The zero-order valence-electron chi connectivity index (χ0n) is 13.7. The van der Waals surface area contributed by atoms with Gasteiger partial charge in [0.25, 0.3) is 0 Å². The Bertz CT molecular complexity index is 852. The third kappa shape index (κ3) is 3.19. The van der Waals surface area contributed by atoms with Gasteiger partial charge in [-0.2, -0.15) is 8.42 Å². The van der Waals surface area contributed by atoms with E-state index in [-0.39, 0.29) is 0 Å². The largest absolute Gasteiger partial charge is 0.328 e. The molecular formula is C16H22N4O2S. The Morgan fingerprint density at radius 3 is 2.74 bits per heavy atom. The smallest absolute Gasteiger partial charge is 0.323 e. The Kier molecular flexibility index (Phi) is 4.06. The maximum Gasteiger partial charge on any atom is 0.323 e. The van der Waals surface area contributed by atoms with Gasteiger partial charge < -0.3 is 4.57 Å². The van der Waals surface area contributed by atoms with E-state index in [1.165, 1.54) is 16.7 Å². The fourth-order valence-corrected chi connectivity index (χ4v) is 3.64. The molecule has 0 saturated heterocycles. The van der Waals surface area contributed by atoms with Crippen LogP contribution in [0.15, 0.2) is 30.6 Å². The van der Waals surface area contributed by atoms with Crippen molar-refractivity contribution in [2.75, 3.05) is 0 Å². The molecule has 1 aromatic heterocycles. The molecule has 7 heteroatoms. The number of aryl methyl sites for hydroxylation is 2. The van der Waals surface area contributed by atoms with Gasteiger partial charge in [-0.1, -0.05) is 19.9 Å². The van der Waals surface area contributed by atoms with Crippen molar-refractivity contribution in [2.24, 2.45) is 5.92 Å². The second-order valence-corrected chi connectivity index (χ2v) is 7.95. The first-order valence-corrected chi connectivity index (χ1v) is 9.22. The van der Waals surface area contributed by atoms with E-state index in [9.17, 15) is 8.42 Å². The fraction of sp³-hybridized carbons (Fsp3) is 0.438. The van der Waals surface area contributed by atoms with Gasteiger partial charge in [0.05, 0.1) is 17.6 Å². The van der Waals surface area contributed by atoms with Crippen LogP contribution in [0.3, 0.4) is 0 Å². The van der Waals surface area contributed by atoms with Gasteiger partial charge in [-0.15, -0.1) is 0 Å². The van der Waals surface area contributed by atoms with Crippen molar-refractivity contribution in [3.05, 3.63) is 42.0 Å². The SMILES string of the molecule is Cc1nc2cc(CN3C=CNS3(=O)=O)ccc2n1CCC(C)C. The van der Waals surface area contributed by atoms with E-state index in [4.69, 9.17) is 0 Å². The van der Waals surface area contributed by atoms with Crippen LogP contribution in [0.5, 0.6) is 0 Å². The third-order valence-electron chi connectivity index (χ3n) is 4.04. The van der Waals surface area contributed by atoms with E-state index in [2.05, 4.69) is 28.1 Å². The number of hydrogen-bond donors (Lipinski definition) is 1. The molecule has 0 atom stereocenters. The molecule has 0 aliphatic carbocycles. The van der Waals surface area contributed by atoms with Crippen molar-refractivity contribution in [2.45, 2.75) is 40.3 Å². The van der Waals surface area contributed by atoms with Gasteiger partial charge in [0.2, 0.25) is 0 Å². The fourth-order valence-electron chi connectivity index (χ4n) is 2.73. The van der Waals surface area contributed by atoms with Crippen LogP contribution in [0.1, 0.15) is 31.7 Å². The van der Waals surface area contributed by atoms with Crippen molar-refractivity contribution in [3.8, 4) is 0 Å². The zero-order valence-corrected chi connectivity index (χ0v) is 14.5. The molecule has 1 aromatic carbocycles. The topological polar surface area (TPSA) is 67.2 Å². The molecule has 1 N–H and O–H groups in total. The normalized spacial score (nSPS) is 16.4. The molecule has 6 nitrogen and oxygen atoms in total. The average Bonchev–Trinajstić information content (AvgIpc) is 2.95. The highest BCUT2D eigenvalue weighted by Crippen LogP contribution is 2.21. The molecule has 0 amide bonds. The minimum Gasteiger partial charge on any atom is -0.328 e. The number of benzene rings is 1. The van der Waals surface area contributed by atoms with Gasteiger partial charge in [0.1, 0.15) is 5.82 Å². The summed E-state index contributed by atoms with van der Waals surface area (Å²) in [5.74, 6) is 1.64. The van der Waals surface area contributed by atoms with Gasteiger partial charge in [-0.3, -0.25) is 9.03 Å². The van der Waals surface area contributed by atoms with Crippen LogP contribution < -0.4 is 4.72 Å². The number of fused-ring (bicyclic) bond motifs is 1. The van der Waals surface area contributed by atoms with Gasteiger partial charge in [0.15, 0.2) is 0 Å². The zero-order chi connectivity index (χ0) is 16.6. The van der Waals surface area contributed by atoms with Crippen molar-refractivity contribution in [1.82, 2.24) is 18.6 Å². The van der Waals surface area contributed by atoms with Crippen LogP contribution >= 0.6 is 0 Å². The molecule has 0 fully saturated rings. The number of aromatic nitrogens is 2. The van der Waals surface area contributed by atoms with Crippen LogP contribution in [-0.2, 0) is 23.3 Å². The highest BCUT2D eigenvalue weighted by molar-refractivity contribution is 7.87. The summed E-state index contributed by atoms with van der Waals surface area (Å²) in [7, 11) is -3.41. The summed E-state index contributed by atoms with van der Waals surface area (Å²) >= 11 is 0. The molecule has 2 aromatic rings. The Labute approximate surface area is 137 Å². The monoisotopic (exact) mass is 334 g/mol. The first kappa shape index (κ1) is 15.9. The summed E-state index contributed by atoms with van der Waals surface area (Å²) in [5, 5.41) is 0. The molecule has 1 aliphatic heterocycles. The molecule has 0 unspecified atom stereocenters. The Hall–Kier alpha value is -2.02. The standard InChI is InChI=1S/C16H22N4O2S/c1-12(2)6-8-20-13(3)18-15-10-14(4-5-16(15)20)11-19-9-7-17-23(19,21)22/h4-5,7,9-10,12,17H,6,8,11H2,1-3H3. The lowest BCUT2D eigenvalue weighted by Crippen LogP contribution is -2.28. The summed E-state index contributed by atoms with van der Waals surface area (Å²) in [6, 6.07) is 5.97. The highest BCUT2D eigenvalue weighted by Gasteiger charge is 2.22. The third-order valence-corrected chi connectivity index (χ3v) is 5.34. The van der Waals surface area contributed by atoms with Crippen LogP contribution in [-0.4, -0.2) is 22.3 Å². The molecule has 0 saturated carbocycles. The van der Waals surface area contributed by atoms with Crippen LogP contribution in [0.25, 0.3) is 11.0 Å². The molecule has 23 heavy (non-hydrogen) atoms.